The number of nitrogens with zero attached hydrogens (tertiary/aromatic N) is 4. The van der Waals surface area contributed by atoms with Gasteiger partial charge in [0.1, 0.15) is 12.3 Å². The van der Waals surface area contributed by atoms with E-state index in [-0.39, 0.29) is 24.4 Å². The van der Waals surface area contributed by atoms with Crippen LogP contribution in [0, 0.1) is 0 Å². The number of aromatic nitrogens is 2. The zero-order valence-corrected chi connectivity index (χ0v) is 14.6. The lowest BCUT2D eigenvalue weighted by Crippen LogP contribution is -2.50. The highest BCUT2D eigenvalue weighted by Gasteiger charge is 2.35. The molecule has 2 heterocycles. The fourth-order valence-corrected chi connectivity index (χ4v) is 2.47. The number of anilines is 1. The quantitative estimate of drug-likeness (QED) is 0.806. The van der Waals surface area contributed by atoms with E-state index in [1.165, 1.54) is 0 Å². The molecule has 2 rings (SSSR count). The number of halogens is 3. The Hall–Kier alpha value is -1.90. The highest BCUT2D eigenvalue weighted by atomic mass is 19.4. The molecule has 9 heteroatoms. The number of rotatable bonds is 5. The number of hydrogen-bond donors (Lipinski definition) is 0. The number of amides is 1. The summed E-state index contributed by atoms with van der Waals surface area (Å²) >= 11 is 0. The van der Waals surface area contributed by atoms with Crippen molar-refractivity contribution in [3.63, 3.8) is 0 Å². The molecule has 0 N–H and O–H groups in total. The Bertz CT molecular complexity index is 600. The number of ether oxygens (including phenoxy) is 1. The Kier molecular flexibility index (Phi) is 6.21. The van der Waals surface area contributed by atoms with Gasteiger partial charge >= 0.3 is 6.18 Å². The smallest absolute Gasteiger partial charge is 0.372 e. The summed E-state index contributed by atoms with van der Waals surface area (Å²) in [6.07, 6.45) is -4.52. The van der Waals surface area contributed by atoms with E-state index in [4.69, 9.17) is 4.74 Å². The molecular weight excluding hydrogens is 337 g/mol. The SMILES string of the molecule is CCOCC(=O)N1CCN(c2nc(C(C)C)cc(C(F)(F)F)n2)CC1. The molecule has 0 saturated carbocycles. The van der Waals surface area contributed by atoms with E-state index in [1.807, 2.05) is 6.92 Å². The molecule has 1 saturated heterocycles. The Morgan fingerprint density at radius 3 is 2.40 bits per heavy atom. The first kappa shape index (κ1) is 19.4. The van der Waals surface area contributed by atoms with Crippen molar-refractivity contribution in [3.05, 3.63) is 17.5 Å². The highest BCUT2D eigenvalue weighted by Crippen LogP contribution is 2.30. The van der Waals surface area contributed by atoms with E-state index >= 15 is 0 Å². The second-order valence-electron chi connectivity index (χ2n) is 6.14. The van der Waals surface area contributed by atoms with Crippen LogP contribution in [-0.2, 0) is 15.7 Å². The zero-order chi connectivity index (χ0) is 18.6. The van der Waals surface area contributed by atoms with E-state index in [0.717, 1.165) is 6.07 Å². The normalized spacial score (nSPS) is 15.8. The largest absolute Gasteiger partial charge is 0.433 e. The second kappa shape index (κ2) is 7.99. The summed E-state index contributed by atoms with van der Waals surface area (Å²) in [4.78, 5) is 23.2. The van der Waals surface area contributed by atoms with Gasteiger partial charge in [-0.25, -0.2) is 9.97 Å². The van der Waals surface area contributed by atoms with Crippen molar-refractivity contribution in [2.75, 3.05) is 44.3 Å². The van der Waals surface area contributed by atoms with Crippen LogP contribution in [0.3, 0.4) is 0 Å². The molecule has 1 aromatic rings. The molecule has 140 valence electrons. The first-order valence-corrected chi connectivity index (χ1v) is 8.29. The number of alkyl halides is 3. The van der Waals surface area contributed by atoms with Gasteiger partial charge < -0.3 is 14.5 Å². The molecule has 0 aromatic carbocycles. The van der Waals surface area contributed by atoms with Gasteiger partial charge in [-0.1, -0.05) is 13.8 Å². The van der Waals surface area contributed by atoms with Gasteiger partial charge in [-0.15, -0.1) is 0 Å². The lowest BCUT2D eigenvalue weighted by molar-refractivity contribution is -0.141. The average molecular weight is 360 g/mol. The molecule has 0 unspecified atom stereocenters. The molecule has 0 bridgehead atoms. The monoisotopic (exact) mass is 360 g/mol. The van der Waals surface area contributed by atoms with Crippen molar-refractivity contribution < 1.29 is 22.7 Å². The summed E-state index contributed by atoms with van der Waals surface area (Å²) in [5.74, 6) is -0.193. The first-order chi connectivity index (χ1) is 11.7. The van der Waals surface area contributed by atoms with E-state index in [2.05, 4.69) is 9.97 Å². The van der Waals surface area contributed by atoms with Crippen LogP contribution in [0.25, 0.3) is 0 Å². The van der Waals surface area contributed by atoms with Crippen molar-refractivity contribution in [3.8, 4) is 0 Å². The molecule has 1 fully saturated rings. The van der Waals surface area contributed by atoms with Gasteiger partial charge in [0.2, 0.25) is 11.9 Å². The van der Waals surface area contributed by atoms with Gasteiger partial charge in [0.25, 0.3) is 0 Å². The molecule has 6 nitrogen and oxygen atoms in total. The maximum absolute atomic E-state index is 13.1. The third kappa shape index (κ3) is 5.04. The van der Waals surface area contributed by atoms with Gasteiger partial charge in [-0.3, -0.25) is 4.79 Å². The first-order valence-electron chi connectivity index (χ1n) is 8.29. The topological polar surface area (TPSA) is 58.6 Å². The van der Waals surface area contributed by atoms with Crippen molar-refractivity contribution in [2.24, 2.45) is 0 Å². The summed E-state index contributed by atoms with van der Waals surface area (Å²) < 4.78 is 44.4. The molecule has 1 aliphatic heterocycles. The molecule has 0 radical (unpaired) electrons. The third-order valence-corrected chi connectivity index (χ3v) is 3.96. The fraction of sp³-hybridized carbons (Fsp3) is 0.688. The Balaban J connectivity index is 2.12. The minimum atomic E-state index is -4.52. The van der Waals surface area contributed by atoms with Crippen LogP contribution in [0.2, 0.25) is 0 Å². The van der Waals surface area contributed by atoms with Gasteiger partial charge in [-0.2, -0.15) is 13.2 Å². The van der Waals surface area contributed by atoms with Crippen molar-refractivity contribution in [1.29, 1.82) is 0 Å². The molecular formula is C16H23F3N4O2. The maximum Gasteiger partial charge on any atom is 0.433 e. The number of hydrogen-bond acceptors (Lipinski definition) is 5. The molecule has 1 amide bonds. The fourth-order valence-electron chi connectivity index (χ4n) is 2.47. The van der Waals surface area contributed by atoms with Crippen LogP contribution in [0.1, 0.15) is 38.1 Å². The van der Waals surface area contributed by atoms with Crippen LogP contribution >= 0.6 is 0 Å². The molecule has 0 atom stereocenters. The molecule has 1 aromatic heterocycles. The molecule has 1 aliphatic rings. The van der Waals surface area contributed by atoms with E-state index in [0.29, 0.717) is 38.5 Å². The third-order valence-electron chi connectivity index (χ3n) is 3.96. The minimum Gasteiger partial charge on any atom is -0.372 e. The molecule has 0 spiro atoms. The Morgan fingerprint density at radius 2 is 1.88 bits per heavy atom. The lowest BCUT2D eigenvalue weighted by Gasteiger charge is -2.35. The minimum absolute atomic E-state index is 0.0219. The summed E-state index contributed by atoms with van der Waals surface area (Å²) in [5, 5.41) is 0. The zero-order valence-electron chi connectivity index (χ0n) is 14.6. The number of piperazine rings is 1. The maximum atomic E-state index is 13.1. The lowest BCUT2D eigenvalue weighted by atomic mass is 10.1. The van der Waals surface area contributed by atoms with E-state index < -0.39 is 11.9 Å². The standard InChI is InChI=1S/C16H23F3N4O2/c1-4-25-10-14(24)22-5-7-23(8-6-22)15-20-12(11(2)3)9-13(21-15)16(17,18)19/h9,11H,4-8,10H2,1-3H3. The van der Waals surface area contributed by atoms with Crippen LogP contribution in [0.15, 0.2) is 6.07 Å². The molecule has 25 heavy (non-hydrogen) atoms. The van der Waals surface area contributed by atoms with Gasteiger partial charge in [-0.05, 0) is 18.9 Å². The number of carbonyl (C=O) groups is 1. The predicted octanol–water partition coefficient (Wildman–Crippen LogP) is 2.30. The highest BCUT2D eigenvalue weighted by molar-refractivity contribution is 5.77. The van der Waals surface area contributed by atoms with Crippen LogP contribution in [0.4, 0.5) is 19.1 Å². The Labute approximate surface area is 145 Å². The average Bonchev–Trinajstić information content (AvgIpc) is 2.58. The van der Waals surface area contributed by atoms with Crippen LogP contribution in [0.5, 0.6) is 0 Å². The second-order valence-corrected chi connectivity index (χ2v) is 6.14. The van der Waals surface area contributed by atoms with Crippen molar-refractivity contribution >= 4 is 11.9 Å². The van der Waals surface area contributed by atoms with E-state index in [9.17, 15) is 18.0 Å². The summed E-state index contributed by atoms with van der Waals surface area (Å²) in [6.45, 7) is 7.45. The van der Waals surface area contributed by atoms with Gasteiger partial charge in [0, 0.05) is 38.5 Å². The summed E-state index contributed by atoms with van der Waals surface area (Å²) in [6, 6.07) is 0.996. The van der Waals surface area contributed by atoms with Crippen molar-refractivity contribution in [1.82, 2.24) is 14.9 Å². The van der Waals surface area contributed by atoms with Crippen LogP contribution in [-0.4, -0.2) is 60.2 Å². The van der Waals surface area contributed by atoms with Crippen LogP contribution < -0.4 is 4.90 Å². The summed E-state index contributed by atoms with van der Waals surface area (Å²) in [5.41, 5.74) is -0.580. The van der Waals surface area contributed by atoms with Gasteiger partial charge in [0.05, 0.1) is 0 Å². The molecule has 0 aliphatic carbocycles. The Morgan fingerprint density at radius 1 is 1.24 bits per heavy atom. The van der Waals surface area contributed by atoms with E-state index in [1.54, 1.807) is 23.6 Å². The summed E-state index contributed by atoms with van der Waals surface area (Å²) in [7, 11) is 0. The predicted molar refractivity (Wildman–Crippen MR) is 86.4 cm³/mol. The van der Waals surface area contributed by atoms with Crippen molar-refractivity contribution in [2.45, 2.75) is 32.9 Å². The number of carbonyl (C=O) groups excluding carboxylic acids is 1. The van der Waals surface area contributed by atoms with Gasteiger partial charge in [0.15, 0.2) is 0 Å².